The first-order chi connectivity index (χ1) is 8.13. The maximum atomic E-state index is 11.0. The summed E-state index contributed by atoms with van der Waals surface area (Å²) in [6.45, 7) is 4.95. The molecule has 0 radical (unpaired) electrons. The molecule has 4 heteroatoms. The van der Waals surface area contributed by atoms with Crippen LogP contribution in [0, 0.1) is 0 Å². The summed E-state index contributed by atoms with van der Waals surface area (Å²) in [5.41, 5.74) is 1.04. The number of halogens is 1. The van der Waals surface area contributed by atoms with Crippen LogP contribution in [0.15, 0.2) is 24.3 Å². The van der Waals surface area contributed by atoms with Gasteiger partial charge >= 0.3 is 5.97 Å². The van der Waals surface area contributed by atoms with Crippen LogP contribution in [0.25, 0.3) is 0 Å². The third-order valence-electron chi connectivity index (χ3n) is 2.33. The average Bonchev–Trinajstić information content (AvgIpc) is 2.31. The van der Waals surface area contributed by atoms with Crippen LogP contribution in [0.5, 0.6) is 0 Å². The lowest BCUT2D eigenvalue weighted by atomic mass is 10.2. The monoisotopic (exact) mass is 255 g/mol. The fourth-order valence-corrected chi connectivity index (χ4v) is 1.60. The molecular formula is C13H18ClNO2. The highest BCUT2D eigenvalue weighted by molar-refractivity contribution is 6.31. The van der Waals surface area contributed by atoms with Crippen LogP contribution in [0.2, 0.25) is 5.02 Å². The van der Waals surface area contributed by atoms with E-state index in [2.05, 4.69) is 5.32 Å². The molecule has 0 bridgehead atoms. The summed E-state index contributed by atoms with van der Waals surface area (Å²) in [5, 5.41) is 3.96. The van der Waals surface area contributed by atoms with E-state index in [0.717, 1.165) is 10.6 Å². The van der Waals surface area contributed by atoms with E-state index < -0.39 is 0 Å². The van der Waals surface area contributed by atoms with E-state index in [1.54, 1.807) is 6.92 Å². The molecule has 0 aromatic heterocycles. The lowest BCUT2D eigenvalue weighted by Gasteiger charge is -2.13. The second-order valence-corrected chi connectivity index (χ2v) is 4.28. The minimum atomic E-state index is -0.169. The van der Waals surface area contributed by atoms with Crippen molar-refractivity contribution < 1.29 is 9.53 Å². The normalized spacial score (nSPS) is 12.2. The Balaban J connectivity index is 2.28. The van der Waals surface area contributed by atoms with Crippen molar-refractivity contribution >= 4 is 17.6 Å². The highest BCUT2D eigenvalue weighted by atomic mass is 35.5. The van der Waals surface area contributed by atoms with Crippen LogP contribution in [-0.4, -0.2) is 18.6 Å². The number of hydrogen-bond donors (Lipinski definition) is 1. The summed E-state index contributed by atoms with van der Waals surface area (Å²) in [6, 6.07) is 7.68. The molecule has 0 saturated heterocycles. The number of carbonyl (C=O) groups is 1. The number of nitrogens with one attached hydrogen (secondary N) is 1. The van der Waals surface area contributed by atoms with Gasteiger partial charge in [-0.3, -0.25) is 4.79 Å². The molecule has 0 spiro atoms. The molecule has 1 rings (SSSR count). The largest absolute Gasteiger partial charge is 0.461 e. The van der Waals surface area contributed by atoms with Gasteiger partial charge in [0.15, 0.2) is 0 Å². The highest BCUT2D eigenvalue weighted by Crippen LogP contribution is 2.14. The molecule has 3 nitrogen and oxygen atoms in total. The molecule has 1 atom stereocenters. The Kier molecular flexibility index (Phi) is 6.01. The molecule has 1 aromatic carbocycles. The van der Waals surface area contributed by atoms with Gasteiger partial charge in [0, 0.05) is 24.5 Å². The van der Waals surface area contributed by atoms with Crippen molar-refractivity contribution in [2.45, 2.75) is 32.9 Å². The fraction of sp³-hybridized carbons (Fsp3) is 0.462. The summed E-state index contributed by atoms with van der Waals surface area (Å²) >= 11 is 6.02. The van der Waals surface area contributed by atoms with Crippen molar-refractivity contribution in [1.29, 1.82) is 0 Å². The molecule has 0 amide bonds. The lowest BCUT2D eigenvalue weighted by Crippen LogP contribution is -2.28. The zero-order valence-electron chi connectivity index (χ0n) is 10.2. The third kappa shape index (κ3) is 5.20. The van der Waals surface area contributed by atoms with Crippen molar-refractivity contribution in [3.63, 3.8) is 0 Å². The molecule has 0 aliphatic rings. The zero-order chi connectivity index (χ0) is 12.7. The predicted molar refractivity (Wildman–Crippen MR) is 69.0 cm³/mol. The summed E-state index contributed by atoms with van der Waals surface area (Å²) < 4.78 is 5.13. The van der Waals surface area contributed by atoms with Gasteiger partial charge in [0.25, 0.3) is 0 Å². The Morgan fingerprint density at radius 1 is 1.47 bits per heavy atom. The summed E-state index contributed by atoms with van der Waals surface area (Å²) in [6.07, 6.45) is 0.291. The number of hydrogen-bond acceptors (Lipinski definition) is 3. The minimum absolute atomic E-state index is 0.120. The van der Waals surface area contributed by atoms with Gasteiger partial charge in [-0.15, -0.1) is 0 Å². The van der Waals surface area contributed by atoms with Gasteiger partial charge < -0.3 is 10.1 Å². The molecule has 17 heavy (non-hydrogen) atoms. The van der Waals surface area contributed by atoms with Gasteiger partial charge in [-0.05, 0) is 18.6 Å². The second kappa shape index (κ2) is 7.30. The Labute approximate surface area is 107 Å². The standard InChI is InChI=1S/C13H18ClNO2/c1-3-13(16)17-10(2)8-15-9-11-6-4-5-7-12(11)14/h4-7,10,15H,3,8-9H2,1-2H3. The van der Waals surface area contributed by atoms with Crippen molar-refractivity contribution in [1.82, 2.24) is 5.32 Å². The smallest absolute Gasteiger partial charge is 0.305 e. The Morgan fingerprint density at radius 2 is 2.18 bits per heavy atom. The lowest BCUT2D eigenvalue weighted by molar-refractivity contribution is -0.147. The molecule has 0 aliphatic carbocycles. The molecule has 1 unspecified atom stereocenters. The van der Waals surface area contributed by atoms with Gasteiger partial charge in [0.2, 0.25) is 0 Å². The van der Waals surface area contributed by atoms with Gasteiger partial charge in [0.1, 0.15) is 6.10 Å². The van der Waals surface area contributed by atoms with Crippen LogP contribution in [-0.2, 0) is 16.1 Å². The predicted octanol–water partition coefficient (Wildman–Crippen LogP) is 2.77. The van der Waals surface area contributed by atoms with Crippen LogP contribution in [0.3, 0.4) is 0 Å². The van der Waals surface area contributed by atoms with Crippen LogP contribution in [0.4, 0.5) is 0 Å². The molecule has 1 aromatic rings. The summed E-state index contributed by atoms with van der Waals surface area (Å²) in [7, 11) is 0. The van der Waals surface area contributed by atoms with Gasteiger partial charge in [-0.2, -0.15) is 0 Å². The van der Waals surface area contributed by atoms with Gasteiger partial charge in [-0.25, -0.2) is 0 Å². The Hall–Kier alpha value is -1.06. The van der Waals surface area contributed by atoms with E-state index >= 15 is 0 Å². The van der Waals surface area contributed by atoms with Gasteiger partial charge in [0.05, 0.1) is 0 Å². The van der Waals surface area contributed by atoms with E-state index in [0.29, 0.717) is 19.5 Å². The van der Waals surface area contributed by atoms with E-state index in [1.807, 2.05) is 31.2 Å². The van der Waals surface area contributed by atoms with Crippen molar-refractivity contribution in [2.75, 3.05) is 6.54 Å². The molecule has 94 valence electrons. The van der Waals surface area contributed by atoms with Crippen LogP contribution < -0.4 is 5.32 Å². The molecule has 1 N–H and O–H groups in total. The van der Waals surface area contributed by atoms with E-state index in [-0.39, 0.29) is 12.1 Å². The van der Waals surface area contributed by atoms with Crippen molar-refractivity contribution in [2.24, 2.45) is 0 Å². The van der Waals surface area contributed by atoms with Crippen LogP contribution in [0.1, 0.15) is 25.8 Å². The minimum Gasteiger partial charge on any atom is -0.461 e. The first kappa shape index (κ1) is 14.0. The topological polar surface area (TPSA) is 38.3 Å². The second-order valence-electron chi connectivity index (χ2n) is 3.88. The third-order valence-corrected chi connectivity index (χ3v) is 2.70. The van der Waals surface area contributed by atoms with Gasteiger partial charge in [-0.1, -0.05) is 36.7 Å². The Bertz CT molecular complexity index is 368. The van der Waals surface area contributed by atoms with E-state index in [4.69, 9.17) is 16.3 Å². The number of carbonyl (C=O) groups excluding carboxylic acids is 1. The maximum absolute atomic E-state index is 11.0. The molecular weight excluding hydrogens is 238 g/mol. The zero-order valence-corrected chi connectivity index (χ0v) is 11.0. The Morgan fingerprint density at radius 3 is 2.82 bits per heavy atom. The molecule has 0 heterocycles. The first-order valence-electron chi connectivity index (χ1n) is 5.77. The fourth-order valence-electron chi connectivity index (χ4n) is 1.40. The number of benzene rings is 1. The van der Waals surface area contributed by atoms with Crippen molar-refractivity contribution in [3.8, 4) is 0 Å². The summed E-state index contributed by atoms with van der Waals surface area (Å²) in [5.74, 6) is -0.169. The highest BCUT2D eigenvalue weighted by Gasteiger charge is 2.07. The summed E-state index contributed by atoms with van der Waals surface area (Å²) in [4.78, 5) is 11.0. The molecule has 0 saturated carbocycles. The quantitative estimate of drug-likeness (QED) is 0.795. The van der Waals surface area contributed by atoms with E-state index in [9.17, 15) is 4.79 Å². The van der Waals surface area contributed by atoms with Crippen LogP contribution >= 0.6 is 11.6 Å². The average molecular weight is 256 g/mol. The maximum Gasteiger partial charge on any atom is 0.305 e. The first-order valence-corrected chi connectivity index (χ1v) is 6.15. The number of esters is 1. The molecule has 0 fully saturated rings. The number of ether oxygens (including phenoxy) is 1. The number of rotatable bonds is 6. The van der Waals surface area contributed by atoms with Crippen molar-refractivity contribution in [3.05, 3.63) is 34.9 Å². The molecule has 0 aliphatic heterocycles. The van der Waals surface area contributed by atoms with E-state index in [1.165, 1.54) is 0 Å². The SMILES string of the molecule is CCC(=O)OC(C)CNCc1ccccc1Cl.